The summed E-state index contributed by atoms with van der Waals surface area (Å²) in [4.78, 5) is 12.4. The van der Waals surface area contributed by atoms with Gasteiger partial charge in [0.05, 0.1) is 22.8 Å². The van der Waals surface area contributed by atoms with Crippen molar-refractivity contribution >= 4 is 27.6 Å². The van der Waals surface area contributed by atoms with Crippen LogP contribution < -0.4 is 0 Å². The van der Waals surface area contributed by atoms with Crippen molar-refractivity contribution < 1.29 is 22.7 Å². The Morgan fingerprint density at radius 3 is 2.41 bits per heavy atom. The summed E-state index contributed by atoms with van der Waals surface area (Å²) in [6.07, 6.45) is 4.46. The Morgan fingerprint density at radius 2 is 1.78 bits per heavy atom. The van der Waals surface area contributed by atoms with Gasteiger partial charge in [0.25, 0.3) is 0 Å². The minimum absolute atomic E-state index is 0.0661. The molecule has 0 spiro atoms. The van der Waals surface area contributed by atoms with Crippen LogP contribution in [-0.2, 0) is 19.5 Å². The van der Waals surface area contributed by atoms with Crippen LogP contribution in [0.4, 0.5) is 0 Å². The summed E-state index contributed by atoms with van der Waals surface area (Å²) in [6.45, 7) is 4.16. The van der Waals surface area contributed by atoms with Crippen molar-refractivity contribution in [2.45, 2.75) is 69.2 Å². The largest absolute Gasteiger partial charge is 0.459 e. The van der Waals surface area contributed by atoms with Gasteiger partial charge in [-0.25, -0.2) is 13.2 Å². The SMILES string of the molecule is CC1CN(S(=O)(=O)c2cc(C(=O)OC3CCCCC3)ccc2Cl)CC(C)O1. The van der Waals surface area contributed by atoms with E-state index < -0.39 is 16.0 Å². The zero-order chi connectivity index (χ0) is 19.6. The minimum atomic E-state index is -3.83. The number of sulfonamides is 1. The van der Waals surface area contributed by atoms with Crippen LogP contribution in [0.2, 0.25) is 5.02 Å². The third-order valence-electron chi connectivity index (χ3n) is 5.00. The van der Waals surface area contributed by atoms with Crippen LogP contribution in [0.15, 0.2) is 23.1 Å². The molecular formula is C19H26ClNO5S. The number of hydrogen-bond donors (Lipinski definition) is 0. The molecule has 0 aromatic heterocycles. The summed E-state index contributed by atoms with van der Waals surface area (Å²) < 4.78 is 38.7. The van der Waals surface area contributed by atoms with Crippen molar-refractivity contribution in [2.75, 3.05) is 13.1 Å². The average Bonchev–Trinajstić information content (AvgIpc) is 2.62. The molecule has 1 aliphatic carbocycles. The van der Waals surface area contributed by atoms with Crippen molar-refractivity contribution in [3.05, 3.63) is 28.8 Å². The van der Waals surface area contributed by atoms with E-state index in [1.54, 1.807) is 0 Å². The van der Waals surface area contributed by atoms with Crippen molar-refractivity contribution in [2.24, 2.45) is 0 Å². The first-order chi connectivity index (χ1) is 12.8. The molecule has 1 saturated carbocycles. The molecule has 0 N–H and O–H groups in total. The standard InChI is InChI=1S/C19H26ClNO5S/c1-13-11-21(12-14(2)25-13)27(23,24)18-10-15(8-9-17(18)20)19(22)26-16-6-4-3-5-7-16/h8-10,13-14,16H,3-7,11-12H2,1-2H3. The molecule has 3 rings (SSSR count). The Morgan fingerprint density at radius 1 is 1.15 bits per heavy atom. The van der Waals surface area contributed by atoms with E-state index in [9.17, 15) is 13.2 Å². The van der Waals surface area contributed by atoms with Gasteiger partial charge < -0.3 is 9.47 Å². The number of ether oxygens (including phenoxy) is 2. The van der Waals surface area contributed by atoms with E-state index in [2.05, 4.69) is 0 Å². The third kappa shape index (κ3) is 4.83. The summed E-state index contributed by atoms with van der Waals surface area (Å²) in [7, 11) is -3.83. The van der Waals surface area contributed by atoms with Crippen LogP contribution in [0.1, 0.15) is 56.3 Å². The summed E-state index contributed by atoms with van der Waals surface area (Å²) in [5.41, 5.74) is 0.206. The fourth-order valence-corrected chi connectivity index (χ4v) is 5.79. The second kappa shape index (κ2) is 8.47. The molecule has 1 saturated heterocycles. The second-order valence-corrected chi connectivity index (χ2v) is 9.70. The Labute approximate surface area is 165 Å². The monoisotopic (exact) mass is 415 g/mol. The zero-order valence-corrected chi connectivity index (χ0v) is 17.3. The predicted octanol–water partition coefficient (Wildman–Crippen LogP) is 3.63. The number of hydrogen-bond acceptors (Lipinski definition) is 5. The molecule has 0 amide bonds. The van der Waals surface area contributed by atoms with Gasteiger partial charge in [0.2, 0.25) is 10.0 Å². The van der Waals surface area contributed by atoms with Crippen LogP contribution in [0.25, 0.3) is 0 Å². The molecular weight excluding hydrogens is 390 g/mol. The summed E-state index contributed by atoms with van der Waals surface area (Å²) in [6, 6.07) is 4.28. The Balaban J connectivity index is 1.82. The normalized spacial score (nSPS) is 25.3. The van der Waals surface area contributed by atoms with Crippen LogP contribution >= 0.6 is 11.6 Å². The van der Waals surface area contributed by atoms with Crippen LogP contribution in [-0.4, -0.2) is 50.1 Å². The third-order valence-corrected chi connectivity index (χ3v) is 7.31. The number of morpholine rings is 1. The summed E-state index contributed by atoms with van der Waals surface area (Å²) in [5, 5.41) is 0.0935. The van der Waals surface area contributed by atoms with E-state index in [0.29, 0.717) is 0 Å². The smallest absolute Gasteiger partial charge is 0.338 e. The van der Waals surface area contributed by atoms with Gasteiger partial charge in [-0.3, -0.25) is 0 Å². The number of carbonyl (C=O) groups excluding carboxylic acids is 1. The Kier molecular flexibility index (Phi) is 6.46. The molecule has 0 radical (unpaired) electrons. The fraction of sp³-hybridized carbons (Fsp3) is 0.632. The number of halogens is 1. The van der Waals surface area contributed by atoms with Crippen LogP contribution in [0, 0.1) is 0 Å². The first-order valence-electron chi connectivity index (χ1n) is 9.43. The summed E-state index contributed by atoms with van der Waals surface area (Å²) in [5.74, 6) is -0.501. The molecule has 27 heavy (non-hydrogen) atoms. The van der Waals surface area contributed by atoms with Gasteiger partial charge in [-0.05, 0) is 57.7 Å². The van der Waals surface area contributed by atoms with Gasteiger partial charge in [0.1, 0.15) is 11.0 Å². The molecule has 2 atom stereocenters. The minimum Gasteiger partial charge on any atom is -0.459 e. The fourth-order valence-electron chi connectivity index (χ4n) is 3.70. The lowest BCUT2D eigenvalue weighted by atomic mass is 9.98. The predicted molar refractivity (Wildman–Crippen MR) is 103 cm³/mol. The molecule has 2 fully saturated rings. The molecule has 1 aliphatic heterocycles. The van der Waals surface area contributed by atoms with E-state index in [4.69, 9.17) is 21.1 Å². The van der Waals surface area contributed by atoms with Crippen molar-refractivity contribution in [3.63, 3.8) is 0 Å². The molecule has 2 aliphatic rings. The first-order valence-corrected chi connectivity index (χ1v) is 11.3. The molecule has 2 unspecified atom stereocenters. The van der Waals surface area contributed by atoms with E-state index >= 15 is 0 Å². The van der Waals surface area contributed by atoms with Crippen molar-refractivity contribution in [1.82, 2.24) is 4.31 Å². The van der Waals surface area contributed by atoms with Crippen molar-refractivity contribution in [1.29, 1.82) is 0 Å². The second-order valence-electron chi connectivity index (χ2n) is 7.39. The highest BCUT2D eigenvalue weighted by atomic mass is 35.5. The van der Waals surface area contributed by atoms with Gasteiger partial charge in [0, 0.05) is 13.1 Å². The molecule has 1 aromatic rings. The summed E-state index contributed by atoms with van der Waals surface area (Å²) >= 11 is 6.18. The van der Waals surface area contributed by atoms with Gasteiger partial charge in [-0.2, -0.15) is 4.31 Å². The lowest BCUT2D eigenvalue weighted by molar-refractivity contribution is -0.0440. The van der Waals surface area contributed by atoms with E-state index in [-0.39, 0.29) is 46.9 Å². The molecule has 1 aromatic carbocycles. The number of esters is 1. The first kappa shape index (κ1) is 20.6. The van der Waals surface area contributed by atoms with Crippen molar-refractivity contribution in [3.8, 4) is 0 Å². The highest BCUT2D eigenvalue weighted by Crippen LogP contribution is 2.29. The Hall–Kier alpha value is -1.15. The van der Waals surface area contributed by atoms with Gasteiger partial charge >= 0.3 is 5.97 Å². The van der Waals surface area contributed by atoms with Gasteiger partial charge in [-0.15, -0.1) is 0 Å². The topological polar surface area (TPSA) is 72.9 Å². The number of nitrogens with zero attached hydrogens (tertiary/aromatic N) is 1. The number of benzene rings is 1. The Bertz CT molecular complexity index is 781. The van der Waals surface area contributed by atoms with Crippen LogP contribution in [0.5, 0.6) is 0 Å². The van der Waals surface area contributed by atoms with E-state index in [0.717, 1.165) is 32.1 Å². The van der Waals surface area contributed by atoms with Gasteiger partial charge in [0.15, 0.2) is 0 Å². The molecule has 6 nitrogen and oxygen atoms in total. The van der Waals surface area contributed by atoms with Gasteiger partial charge in [-0.1, -0.05) is 18.0 Å². The zero-order valence-electron chi connectivity index (χ0n) is 15.7. The molecule has 8 heteroatoms. The number of carbonyl (C=O) groups is 1. The van der Waals surface area contributed by atoms with E-state index in [1.807, 2.05) is 13.8 Å². The lowest BCUT2D eigenvalue weighted by Crippen LogP contribution is -2.48. The van der Waals surface area contributed by atoms with Crippen LogP contribution in [0.3, 0.4) is 0 Å². The maximum absolute atomic E-state index is 13.1. The van der Waals surface area contributed by atoms with E-state index in [1.165, 1.54) is 22.5 Å². The molecule has 1 heterocycles. The highest BCUT2D eigenvalue weighted by molar-refractivity contribution is 7.89. The quantitative estimate of drug-likeness (QED) is 0.702. The highest BCUT2D eigenvalue weighted by Gasteiger charge is 2.34. The lowest BCUT2D eigenvalue weighted by Gasteiger charge is -2.34. The maximum atomic E-state index is 13.1. The molecule has 0 bridgehead atoms. The average molecular weight is 416 g/mol. The molecule has 150 valence electrons. The number of rotatable bonds is 4. The maximum Gasteiger partial charge on any atom is 0.338 e.